The van der Waals surface area contributed by atoms with E-state index in [1.54, 1.807) is 4.68 Å². The van der Waals surface area contributed by atoms with Gasteiger partial charge in [-0.15, -0.1) is 0 Å². The van der Waals surface area contributed by atoms with Crippen molar-refractivity contribution in [3.8, 4) is 5.75 Å². The summed E-state index contributed by atoms with van der Waals surface area (Å²) in [4.78, 5) is 0. The van der Waals surface area contributed by atoms with Gasteiger partial charge >= 0.3 is 0 Å². The molecule has 0 fully saturated rings. The first kappa shape index (κ1) is 12.6. The van der Waals surface area contributed by atoms with Crippen molar-refractivity contribution in [1.29, 1.82) is 0 Å². The SMILES string of the molecule is CNCc1cccc(C)c1OCc1ccn(C)n1. The lowest BCUT2D eigenvalue weighted by molar-refractivity contribution is 0.294. The Morgan fingerprint density at radius 2 is 2.17 bits per heavy atom. The van der Waals surface area contributed by atoms with E-state index in [4.69, 9.17) is 4.74 Å². The number of para-hydroxylation sites is 1. The average molecular weight is 245 g/mol. The molecule has 1 N–H and O–H groups in total. The van der Waals surface area contributed by atoms with Crippen molar-refractivity contribution in [2.45, 2.75) is 20.1 Å². The molecule has 2 rings (SSSR count). The number of nitrogens with one attached hydrogen (secondary N) is 1. The van der Waals surface area contributed by atoms with E-state index in [0.717, 1.165) is 23.6 Å². The van der Waals surface area contributed by atoms with E-state index in [-0.39, 0.29) is 0 Å². The Morgan fingerprint density at radius 3 is 2.83 bits per heavy atom. The Kier molecular flexibility index (Phi) is 3.99. The average Bonchev–Trinajstić information content (AvgIpc) is 2.75. The molecule has 0 aliphatic rings. The van der Waals surface area contributed by atoms with E-state index < -0.39 is 0 Å². The summed E-state index contributed by atoms with van der Waals surface area (Å²) in [5.74, 6) is 0.956. The number of nitrogens with zero attached hydrogens (tertiary/aromatic N) is 2. The number of rotatable bonds is 5. The Balaban J connectivity index is 2.12. The van der Waals surface area contributed by atoms with Gasteiger partial charge in [-0.05, 0) is 25.6 Å². The van der Waals surface area contributed by atoms with E-state index in [2.05, 4.69) is 35.5 Å². The molecule has 0 radical (unpaired) electrons. The number of hydrogen-bond acceptors (Lipinski definition) is 3. The fourth-order valence-corrected chi connectivity index (χ4v) is 1.94. The van der Waals surface area contributed by atoms with E-state index in [1.165, 1.54) is 5.56 Å². The van der Waals surface area contributed by atoms with Gasteiger partial charge in [0.15, 0.2) is 0 Å². The summed E-state index contributed by atoms with van der Waals surface area (Å²) in [7, 11) is 3.84. The van der Waals surface area contributed by atoms with Gasteiger partial charge in [0.25, 0.3) is 0 Å². The predicted molar refractivity (Wildman–Crippen MR) is 71.5 cm³/mol. The van der Waals surface area contributed by atoms with Crippen LogP contribution in [0.3, 0.4) is 0 Å². The smallest absolute Gasteiger partial charge is 0.132 e. The van der Waals surface area contributed by atoms with Crippen LogP contribution in [0.25, 0.3) is 0 Å². The minimum Gasteiger partial charge on any atom is -0.487 e. The second-order valence-electron chi connectivity index (χ2n) is 4.36. The molecule has 4 heteroatoms. The van der Waals surface area contributed by atoms with Gasteiger partial charge in [0.1, 0.15) is 12.4 Å². The first-order chi connectivity index (χ1) is 8.70. The molecule has 0 saturated carbocycles. The number of hydrogen-bond donors (Lipinski definition) is 1. The number of aryl methyl sites for hydroxylation is 2. The lowest BCUT2D eigenvalue weighted by Crippen LogP contribution is -2.08. The van der Waals surface area contributed by atoms with Gasteiger partial charge in [0, 0.05) is 25.4 Å². The number of ether oxygens (including phenoxy) is 1. The monoisotopic (exact) mass is 245 g/mol. The number of aromatic nitrogens is 2. The van der Waals surface area contributed by atoms with Crippen molar-refractivity contribution in [3.05, 3.63) is 47.3 Å². The number of benzene rings is 1. The summed E-state index contributed by atoms with van der Waals surface area (Å²) in [6, 6.07) is 8.16. The zero-order valence-corrected chi connectivity index (χ0v) is 11.1. The van der Waals surface area contributed by atoms with Gasteiger partial charge in [0.2, 0.25) is 0 Å². The summed E-state index contributed by atoms with van der Waals surface area (Å²) in [6.07, 6.45) is 1.92. The second kappa shape index (κ2) is 5.69. The zero-order valence-electron chi connectivity index (χ0n) is 11.1. The van der Waals surface area contributed by atoms with E-state index >= 15 is 0 Å². The van der Waals surface area contributed by atoms with E-state index in [1.807, 2.05) is 26.4 Å². The highest BCUT2D eigenvalue weighted by molar-refractivity contribution is 5.40. The highest BCUT2D eigenvalue weighted by Gasteiger charge is 2.07. The van der Waals surface area contributed by atoms with E-state index in [0.29, 0.717) is 6.61 Å². The van der Waals surface area contributed by atoms with Crippen molar-refractivity contribution in [2.75, 3.05) is 7.05 Å². The van der Waals surface area contributed by atoms with Crippen LogP contribution in [0.1, 0.15) is 16.8 Å². The molecule has 0 bridgehead atoms. The van der Waals surface area contributed by atoms with Crippen LogP contribution in [0.4, 0.5) is 0 Å². The van der Waals surface area contributed by atoms with Crippen molar-refractivity contribution < 1.29 is 4.74 Å². The molecule has 1 aromatic carbocycles. The maximum Gasteiger partial charge on any atom is 0.132 e. The standard InChI is InChI=1S/C14H19N3O/c1-11-5-4-6-12(9-15-2)14(11)18-10-13-7-8-17(3)16-13/h4-8,15H,9-10H2,1-3H3. The molecule has 0 unspecified atom stereocenters. The maximum absolute atomic E-state index is 5.90. The molecule has 0 atom stereocenters. The van der Waals surface area contributed by atoms with Gasteiger partial charge in [-0.25, -0.2) is 0 Å². The molecule has 0 spiro atoms. The van der Waals surface area contributed by atoms with Crippen molar-refractivity contribution in [1.82, 2.24) is 15.1 Å². The van der Waals surface area contributed by atoms with Crippen LogP contribution >= 0.6 is 0 Å². The van der Waals surface area contributed by atoms with Crippen LogP contribution in [-0.4, -0.2) is 16.8 Å². The van der Waals surface area contributed by atoms with Gasteiger partial charge in [0.05, 0.1) is 5.69 Å². The Labute approximate surface area is 108 Å². The molecular formula is C14H19N3O. The fraction of sp³-hybridized carbons (Fsp3) is 0.357. The summed E-state index contributed by atoms with van der Waals surface area (Å²) in [6.45, 7) is 3.37. The molecule has 0 aliphatic carbocycles. The van der Waals surface area contributed by atoms with Crippen LogP contribution in [0.2, 0.25) is 0 Å². The van der Waals surface area contributed by atoms with Crippen molar-refractivity contribution in [2.24, 2.45) is 7.05 Å². The van der Waals surface area contributed by atoms with E-state index in [9.17, 15) is 0 Å². The molecule has 18 heavy (non-hydrogen) atoms. The zero-order chi connectivity index (χ0) is 13.0. The summed E-state index contributed by atoms with van der Waals surface area (Å²) >= 11 is 0. The van der Waals surface area contributed by atoms with Crippen molar-refractivity contribution in [3.63, 3.8) is 0 Å². The highest BCUT2D eigenvalue weighted by atomic mass is 16.5. The molecule has 0 saturated heterocycles. The Bertz CT molecular complexity index is 520. The van der Waals surface area contributed by atoms with Gasteiger partial charge < -0.3 is 10.1 Å². The third kappa shape index (κ3) is 2.90. The molecule has 1 aromatic heterocycles. The molecule has 0 amide bonds. The van der Waals surface area contributed by atoms with Crippen LogP contribution in [0.15, 0.2) is 30.5 Å². The molecule has 1 heterocycles. The molecule has 96 valence electrons. The summed E-state index contributed by atoms with van der Waals surface area (Å²) in [5, 5.41) is 7.46. The maximum atomic E-state index is 5.90. The molecule has 4 nitrogen and oxygen atoms in total. The van der Waals surface area contributed by atoms with Gasteiger partial charge in [-0.2, -0.15) is 5.10 Å². The minimum absolute atomic E-state index is 0.502. The van der Waals surface area contributed by atoms with Gasteiger partial charge in [-0.3, -0.25) is 4.68 Å². The molecular weight excluding hydrogens is 226 g/mol. The van der Waals surface area contributed by atoms with Crippen LogP contribution in [0, 0.1) is 6.92 Å². The Hall–Kier alpha value is -1.81. The summed E-state index contributed by atoms with van der Waals surface area (Å²) in [5.41, 5.74) is 3.27. The topological polar surface area (TPSA) is 39.1 Å². The van der Waals surface area contributed by atoms with Crippen LogP contribution in [0.5, 0.6) is 5.75 Å². The van der Waals surface area contributed by atoms with Gasteiger partial charge in [-0.1, -0.05) is 18.2 Å². The highest BCUT2D eigenvalue weighted by Crippen LogP contribution is 2.24. The normalized spacial score (nSPS) is 10.6. The third-order valence-corrected chi connectivity index (χ3v) is 2.79. The molecule has 2 aromatic rings. The quantitative estimate of drug-likeness (QED) is 0.876. The molecule has 0 aliphatic heterocycles. The lowest BCUT2D eigenvalue weighted by atomic mass is 10.1. The lowest BCUT2D eigenvalue weighted by Gasteiger charge is -2.13. The summed E-state index contributed by atoms with van der Waals surface area (Å²) < 4.78 is 7.69. The largest absolute Gasteiger partial charge is 0.487 e. The van der Waals surface area contributed by atoms with Crippen molar-refractivity contribution >= 4 is 0 Å². The van der Waals surface area contributed by atoms with Crippen LogP contribution in [-0.2, 0) is 20.2 Å². The Morgan fingerprint density at radius 1 is 1.33 bits per heavy atom. The predicted octanol–water partition coefficient (Wildman–Crippen LogP) is 2.03. The van der Waals surface area contributed by atoms with Crippen LogP contribution < -0.4 is 10.1 Å². The first-order valence-electron chi connectivity index (χ1n) is 6.05. The second-order valence-corrected chi connectivity index (χ2v) is 4.36. The first-order valence-corrected chi connectivity index (χ1v) is 6.05. The fourth-order valence-electron chi connectivity index (χ4n) is 1.94. The minimum atomic E-state index is 0.502. The third-order valence-electron chi connectivity index (χ3n) is 2.79.